The maximum atomic E-state index is 12.9. The Hall–Kier alpha value is -2.56. The molecule has 0 aliphatic heterocycles. The van der Waals surface area contributed by atoms with Crippen LogP contribution >= 0.6 is 0 Å². The molecule has 0 bridgehead atoms. The monoisotopic (exact) mass is 302 g/mol. The summed E-state index contributed by atoms with van der Waals surface area (Å²) in [6, 6.07) is 12.7. The first-order chi connectivity index (χ1) is 10.6. The van der Waals surface area contributed by atoms with Crippen LogP contribution in [-0.4, -0.2) is 18.6 Å². The molecule has 4 nitrogen and oxygen atoms in total. The number of ether oxygens (including phenoxy) is 1. The first-order valence-corrected chi connectivity index (χ1v) is 7.15. The largest absolute Gasteiger partial charge is 0.492 e. The highest BCUT2D eigenvalue weighted by molar-refractivity contribution is 5.97. The molecule has 5 heteroatoms. The highest BCUT2D eigenvalue weighted by Crippen LogP contribution is 2.24. The summed E-state index contributed by atoms with van der Waals surface area (Å²) in [7, 11) is 0. The van der Waals surface area contributed by atoms with E-state index < -0.39 is 6.04 Å². The number of amides is 1. The molecule has 0 saturated carbocycles. The molecule has 22 heavy (non-hydrogen) atoms. The number of para-hydroxylation sites is 2. The number of hydrogen-bond donors (Lipinski definition) is 2. The predicted molar refractivity (Wildman–Crippen MR) is 85.7 cm³/mol. The van der Waals surface area contributed by atoms with Gasteiger partial charge in [-0.2, -0.15) is 0 Å². The van der Waals surface area contributed by atoms with Crippen molar-refractivity contribution < 1.29 is 13.9 Å². The van der Waals surface area contributed by atoms with Gasteiger partial charge in [0.05, 0.1) is 12.3 Å². The summed E-state index contributed by atoms with van der Waals surface area (Å²) < 4.78 is 18.3. The summed E-state index contributed by atoms with van der Waals surface area (Å²) in [6.45, 7) is 4.15. The van der Waals surface area contributed by atoms with Crippen molar-refractivity contribution in [1.29, 1.82) is 0 Å². The van der Waals surface area contributed by atoms with E-state index in [1.807, 2.05) is 19.1 Å². The summed E-state index contributed by atoms with van der Waals surface area (Å²) >= 11 is 0. The smallest absolute Gasteiger partial charge is 0.246 e. The van der Waals surface area contributed by atoms with Crippen molar-refractivity contribution in [2.45, 2.75) is 19.9 Å². The number of carbonyl (C=O) groups excluding carboxylic acids is 1. The Morgan fingerprint density at radius 1 is 1.18 bits per heavy atom. The number of hydrogen-bond acceptors (Lipinski definition) is 3. The van der Waals surface area contributed by atoms with E-state index in [2.05, 4.69) is 10.6 Å². The Balaban J connectivity index is 2.01. The number of rotatable bonds is 6. The minimum Gasteiger partial charge on any atom is -0.492 e. The van der Waals surface area contributed by atoms with E-state index in [1.54, 1.807) is 31.2 Å². The fourth-order valence-electron chi connectivity index (χ4n) is 1.95. The molecule has 0 radical (unpaired) electrons. The van der Waals surface area contributed by atoms with Crippen LogP contribution in [0, 0.1) is 5.82 Å². The van der Waals surface area contributed by atoms with E-state index in [0.717, 1.165) is 0 Å². The summed E-state index contributed by atoms with van der Waals surface area (Å²) in [5.74, 6) is 0.122. The number of halogens is 1. The fourth-order valence-corrected chi connectivity index (χ4v) is 1.95. The minimum absolute atomic E-state index is 0.198. The third kappa shape index (κ3) is 4.22. The van der Waals surface area contributed by atoms with Crippen molar-refractivity contribution in [3.8, 4) is 5.75 Å². The lowest BCUT2D eigenvalue weighted by atomic mass is 10.2. The number of carbonyl (C=O) groups is 1. The van der Waals surface area contributed by atoms with Gasteiger partial charge in [0.15, 0.2) is 0 Å². The van der Waals surface area contributed by atoms with Gasteiger partial charge in [-0.3, -0.25) is 4.79 Å². The van der Waals surface area contributed by atoms with Crippen LogP contribution in [0.4, 0.5) is 15.8 Å². The lowest BCUT2D eigenvalue weighted by molar-refractivity contribution is -0.116. The number of nitrogens with one attached hydrogen (secondary N) is 2. The lowest BCUT2D eigenvalue weighted by Gasteiger charge is -2.17. The second-order valence-electron chi connectivity index (χ2n) is 4.79. The van der Waals surface area contributed by atoms with E-state index in [4.69, 9.17) is 4.74 Å². The van der Waals surface area contributed by atoms with Gasteiger partial charge < -0.3 is 15.4 Å². The molecule has 1 unspecified atom stereocenters. The normalized spacial score (nSPS) is 11.6. The Labute approximate surface area is 129 Å². The van der Waals surface area contributed by atoms with E-state index in [9.17, 15) is 9.18 Å². The minimum atomic E-state index is -0.472. The van der Waals surface area contributed by atoms with Gasteiger partial charge in [0, 0.05) is 5.69 Å². The average Bonchev–Trinajstić information content (AvgIpc) is 2.51. The van der Waals surface area contributed by atoms with Gasteiger partial charge in [-0.15, -0.1) is 0 Å². The predicted octanol–water partition coefficient (Wildman–Crippen LogP) is 3.66. The third-order valence-corrected chi connectivity index (χ3v) is 3.07. The average molecular weight is 302 g/mol. The molecular formula is C17H19FN2O2. The molecule has 0 spiro atoms. The van der Waals surface area contributed by atoms with Gasteiger partial charge in [-0.05, 0) is 50.2 Å². The van der Waals surface area contributed by atoms with Crippen molar-refractivity contribution in [2.75, 3.05) is 17.2 Å². The Bertz CT molecular complexity index is 629. The molecule has 2 aromatic rings. The van der Waals surface area contributed by atoms with Crippen LogP contribution in [0.5, 0.6) is 5.75 Å². The van der Waals surface area contributed by atoms with Crippen molar-refractivity contribution in [1.82, 2.24) is 0 Å². The molecular weight excluding hydrogens is 283 g/mol. The first-order valence-electron chi connectivity index (χ1n) is 7.15. The van der Waals surface area contributed by atoms with Gasteiger partial charge in [0.1, 0.15) is 17.6 Å². The highest BCUT2D eigenvalue weighted by atomic mass is 19.1. The zero-order valence-corrected chi connectivity index (χ0v) is 12.6. The summed E-state index contributed by atoms with van der Waals surface area (Å²) in [6.07, 6.45) is 0. The maximum absolute atomic E-state index is 12.9. The van der Waals surface area contributed by atoms with E-state index in [1.165, 1.54) is 12.1 Å². The third-order valence-electron chi connectivity index (χ3n) is 3.07. The van der Waals surface area contributed by atoms with Crippen LogP contribution in [-0.2, 0) is 4.79 Å². The van der Waals surface area contributed by atoms with Gasteiger partial charge >= 0.3 is 0 Å². The van der Waals surface area contributed by atoms with Crippen molar-refractivity contribution in [3.05, 3.63) is 54.3 Å². The number of benzene rings is 2. The summed E-state index contributed by atoms with van der Waals surface area (Å²) in [5.41, 5.74) is 1.31. The highest BCUT2D eigenvalue weighted by Gasteiger charge is 2.14. The SMILES string of the molecule is CCOc1ccccc1NC(=O)C(C)Nc1ccc(F)cc1. The molecule has 0 aliphatic rings. The maximum Gasteiger partial charge on any atom is 0.246 e. The molecule has 116 valence electrons. The molecule has 1 atom stereocenters. The second-order valence-corrected chi connectivity index (χ2v) is 4.79. The first kappa shape index (κ1) is 15.8. The van der Waals surface area contributed by atoms with Crippen LogP contribution in [0.25, 0.3) is 0 Å². The van der Waals surface area contributed by atoms with E-state index in [0.29, 0.717) is 23.7 Å². The van der Waals surface area contributed by atoms with Gasteiger partial charge in [0.2, 0.25) is 5.91 Å². The second kappa shape index (κ2) is 7.45. The van der Waals surface area contributed by atoms with Crippen LogP contribution in [0.3, 0.4) is 0 Å². The topological polar surface area (TPSA) is 50.4 Å². The van der Waals surface area contributed by atoms with E-state index >= 15 is 0 Å². The zero-order chi connectivity index (χ0) is 15.9. The van der Waals surface area contributed by atoms with Gasteiger partial charge in [0.25, 0.3) is 0 Å². The van der Waals surface area contributed by atoms with Gasteiger partial charge in [-0.25, -0.2) is 4.39 Å². The van der Waals surface area contributed by atoms with Gasteiger partial charge in [-0.1, -0.05) is 12.1 Å². The quantitative estimate of drug-likeness (QED) is 0.856. The molecule has 0 aromatic heterocycles. The summed E-state index contributed by atoms with van der Waals surface area (Å²) in [5, 5.41) is 5.85. The molecule has 2 aromatic carbocycles. The number of anilines is 2. The summed E-state index contributed by atoms with van der Waals surface area (Å²) in [4.78, 5) is 12.2. The van der Waals surface area contributed by atoms with Crippen LogP contribution < -0.4 is 15.4 Å². The zero-order valence-electron chi connectivity index (χ0n) is 12.6. The van der Waals surface area contributed by atoms with Crippen LogP contribution in [0.2, 0.25) is 0 Å². The molecule has 0 fully saturated rings. The molecule has 1 amide bonds. The van der Waals surface area contributed by atoms with E-state index in [-0.39, 0.29) is 11.7 Å². The van der Waals surface area contributed by atoms with Crippen molar-refractivity contribution in [2.24, 2.45) is 0 Å². The molecule has 0 aliphatic carbocycles. The molecule has 0 heterocycles. The Kier molecular flexibility index (Phi) is 5.36. The van der Waals surface area contributed by atoms with Crippen LogP contribution in [0.1, 0.15) is 13.8 Å². The molecule has 2 rings (SSSR count). The Morgan fingerprint density at radius 3 is 2.55 bits per heavy atom. The standard InChI is InChI=1S/C17H19FN2O2/c1-3-22-16-7-5-4-6-15(16)20-17(21)12(2)19-14-10-8-13(18)9-11-14/h4-12,19H,3H2,1-2H3,(H,20,21). The van der Waals surface area contributed by atoms with Crippen molar-refractivity contribution in [3.63, 3.8) is 0 Å². The Morgan fingerprint density at radius 2 is 1.86 bits per heavy atom. The van der Waals surface area contributed by atoms with Crippen LogP contribution in [0.15, 0.2) is 48.5 Å². The fraction of sp³-hybridized carbons (Fsp3) is 0.235. The molecule has 2 N–H and O–H groups in total. The van der Waals surface area contributed by atoms with Crippen molar-refractivity contribution >= 4 is 17.3 Å². The molecule has 0 saturated heterocycles. The lowest BCUT2D eigenvalue weighted by Crippen LogP contribution is -2.32.